The van der Waals surface area contributed by atoms with Gasteiger partial charge in [0.1, 0.15) is 6.33 Å². The second kappa shape index (κ2) is 9.98. The molecule has 0 atom stereocenters. The van der Waals surface area contributed by atoms with Gasteiger partial charge in [0.2, 0.25) is 0 Å². The Kier molecular flexibility index (Phi) is 8.69. The molecule has 22 heavy (non-hydrogen) atoms. The van der Waals surface area contributed by atoms with Gasteiger partial charge in [0.15, 0.2) is 11.8 Å². The fraction of sp³-hybridized carbons (Fsp3) is 0.786. The van der Waals surface area contributed by atoms with E-state index in [2.05, 4.69) is 32.3 Å². The summed E-state index contributed by atoms with van der Waals surface area (Å²) < 4.78 is 7.67. The smallest absolute Gasteiger partial charge is 0.193 e. The van der Waals surface area contributed by atoms with Gasteiger partial charge in [-0.05, 0) is 25.7 Å². The number of aliphatic imine (C=N–C) groups is 1. The van der Waals surface area contributed by atoms with Crippen molar-refractivity contribution < 1.29 is 4.74 Å². The summed E-state index contributed by atoms with van der Waals surface area (Å²) in [6, 6.07) is 0. The largest absolute Gasteiger partial charge is 0.379 e. The lowest BCUT2D eigenvalue weighted by Crippen LogP contribution is -2.40. The fourth-order valence-electron chi connectivity index (χ4n) is 2.06. The number of nitrogens with one attached hydrogen (secondary N) is 1. The first-order valence-corrected chi connectivity index (χ1v) is 7.60. The van der Waals surface area contributed by atoms with Crippen LogP contribution in [0.3, 0.4) is 0 Å². The third-order valence-corrected chi connectivity index (χ3v) is 3.64. The molecule has 1 heterocycles. The molecule has 0 amide bonds. The van der Waals surface area contributed by atoms with Gasteiger partial charge in [-0.3, -0.25) is 4.99 Å². The van der Waals surface area contributed by atoms with Crippen LogP contribution in [0.2, 0.25) is 0 Å². The zero-order chi connectivity index (χ0) is 15.1. The van der Waals surface area contributed by atoms with Crippen LogP contribution in [0, 0.1) is 5.92 Å². The highest BCUT2D eigenvalue weighted by molar-refractivity contribution is 14.0. The average molecular weight is 422 g/mol. The second-order valence-corrected chi connectivity index (χ2v) is 5.37. The Morgan fingerprint density at radius 2 is 2.32 bits per heavy atom. The molecule has 0 saturated heterocycles. The van der Waals surface area contributed by atoms with E-state index in [0.717, 1.165) is 44.0 Å². The lowest BCUT2D eigenvalue weighted by Gasteiger charge is -2.21. The molecular formula is C14H27IN6O. The first-order valence-electron chi connectivity index (χ1n) is 7.60. The summed E-state index contributed by atoms with van der Waals surface area (Å²) in [5, 5.41) is 11.3. The molecule has 7 nitrogen and oxygen atoms in total. The van der Waals surface area contributed by atoms with Crippen LogP contribution in [-0.4, -0.2) is 59.5 Å². The van der Waals surface area contributed by atoms with Gasteiger partial charge in [0.05, 0.1) is 13.2 Å². The van der Waals surface area contributed by atoms with Gasteiger partial charge in [-0.25, -0.2) is 0 Å². The van der Waals surface area contributed by atoms with Crippen molar-refractivity contribution in [3.05, 3.63) is 12.2 Å². The molecule has 126 valence electrons. The molecule has 1 aromatic rings. The monoisotopic (exact) mass is 422 g/mol. The third kappa shape index (κ3) is 6.07. The molecule has 1 aliphatic rings. The third-order valence-electron chi connectivity index (χ3n) is 3.64. The summed E-state index contributed by atoms with van der Waals surface area (Å²) in [4.78, 5) is 6.36. The van der Waals surface area contributed by atoms with Crippen LogP contribution >= 0.6 is 24.0 Å². The summed E-state index contributed by atoms with van der Waals surface area (Å²) >= 11 is 0. The fourth-order valence-corrected chi connectivity index (χ4v) is 2.06. The van der Waals surface area contributed by atoms with Crippen molar-refractivity contribution in [3.63, 3.8) is 0 Å². The van der Waals surface area contributed by atoms with Crippen LogP contribution in [0.25, 0.3) is 0 Å². The summed E-state index contributed by atoms with van der Waals surface area (Å²) in [5.41, 5.74) is 0. The lowest BCUT2D eigenvalue weighted by atomic mass is 10.5. The minimum atomic E-state index is 0. The minimum Gasteiger partial charge on any atom is -0.379 e. The van der Waals surface area contributed by atoms with Crippen molar-refractivity contribution in [1.29, 1.82) is 0 Å². The Morgan fingerprint density at radius 3 is 2.95 bits per heavy atom. The molecule has 1 fully saturated rings. The number of aromatic nitrogens is 3. The molecule has 1 saturated carbocycles. The molecule has 1 aliphatic carbocycles. The van der Waals surface area contributed by atoms with Crippen molar-refractivity contribution in [2.75, 3.05) is 33.9 Å². The van der Waals surface area contributed by atoms with Crippen LogP contribution in [0.4, 0.5) is 0 Å². The van der Waals surface area contributed by atoms with E-state index in [9.17, 15) is 0 Å². The van der Waals surface area contributed by atoms with E-state index in [-0.39, 0.29) is 24.0 Å². The molecule has 0 aromatic carbocycles. The van der Waals surface area contributed by atoms with E-state index < -0.39 is 0 Å². The highest BCUT2D eigenvalue weighted by Crippen LogP contribution is 2.28. The Hall–Kier alpha value is -0.900. The molecule has 0 radical (unpaired) electrons. The van der Waals surface area contributed by atoms with Crippen molar-refractivity contribution in [2.45, 2.75) is 32.9 Å². The molecule has 0 bridgehead atoms. The quantitative estimate of drug-likeness (QED) is 0.297. The zero-order valence-corrected chi connectivity index (χ0v) is 16.0. The number of ether oxygens (including phenoxy) is 1. The van der Waals surface area contributed by atoms with Crippen molar-refractivity contribution in [2.24, 2.45) is 10.9 Å². The van der Waals surface area contributed by atoms with E-state index in [4.69, 9.17) is 4.74 Å². The lowest BCUT2D eigenvalue weighted by molar-refractivity contribution is 0.115. The number of rotatable bonds is 8. The number of nitrogens with zero attached hydrogens (tertiary/aromatic N) is 5. The van der Waals surface area contributed by atoms with Crippen LogP contribution in [0.5, 0.6) is 0 Å². The number of hydrogen-bond donors (Lipinski definition) is 1. The zero-order valence-electron chi connectivity index (χ0n) is 13.7. The SMILES string of the molecule is CCn1cnnc1CNC(=NC)N(C)CCOCC1CC1.I. The first kappa shape index (κ1) is 19.1. The molecule has 0 spiro atoms. The molecule has 8 heteroatoms. The second-order valence-electron chi connectivity index (χ2n) is 5.37. The molecule has 1 aromatic heterocycles. The highest BCUT2D eigenvalue weighted by Gasteiger charge is 2.21. The minimum absolute atomic E-state index is 0. The van der Waals surface area contributed by atoms with E-state index in [1.54, 1.807) is 13.4 Å². The standard InChI is InChI=1S/C14H26N6O.HI/c1-4-20-11-17-18-13(20)9-16-14(15-2)19(3)7-8-21-10-12-5-6-12;/h11-12H,4-10H2,1-3H3,(H,15,16);1H. The van der Waals surface area contributed by atoms with Gasteiger partial charge < -0.3 is 19.5 Å². The number of guanidine groups is 1. The van der Waals surface area contributed by atoms with E-state index >= 15 is 0 Å². The van der Waals surface area contributed by atoms with E-state index in [1.165, 1.54) is 12.8 Å². The average Bonchev–Trinajstić information content (AvgIpc) is 3.21. The van der Waals surface area contributed by atoms with Gasteiger partial charge in [-0.2, -0.15) is 0 Å². The maximum Gasteiger partial charge on any atom is 0.193 e. The van der Waals surface area contributed by atoms with Crippen LogP contribution < -0.4 is 5.32 Å². The Labute approximate surface area is 149 Å². The maximum atomic E-state index is 5.66. The highest BCUT2D eigenvalue weighted by atomic mass is 127. The molecule has 0 aliphatic heterocycles. The number of likely N-dealkylation sites (N-methyl/N-ethyl adjacent to an activating group) is 1. The van der Waals surface area contributed by atoms with Gasteiger partial charge in [-0.1, -0.05) is 0 Å². The van der Waals surface area contributed by atoms with Gasteiger partial charge in [-0.15, -0.1) is 34.2 Å². The van der Waals surface area contributed by atoms with Crippen LogP contribution in [0.15, 0.2) is 11.3 Å². The van der Waals surface area contributed by atoms with Crippen molar-refractivity contribution >= 4 is 29.9 Å². The summed E-state index contributed by atoms with van der Waals surface area (Å²) in [6.45, 7) is 6.03. The maximum absolute atomic E-state index is 5.66. The predicted octanol–water partition coefficient (Wildman–Crippen LogP) is 1.35. The first-order chi connectivity index (χ1) is 10.2. The van der Waals surface area contributed by atoms with Crippen LogP contribution in [-0.2, 0) is 17.8 Å². The summed E-state index contributed by atoms with van der Waals surface area (Å²) in [6.07, 6.45) is 4.41. The Bertz CT molecular complexity index is 460. The molecular weight excluding hydrogens is 395 g/mol. The topological polar surface area (TPSA) is 67.6 Å². The van der Waals surface area contributed by atoms with Crippen molar-refractivity contribution in [1.82, 2.24) is 25.0 Å². The number of hydrogen-bond acceptors (Lipinski definition) is 4. The number of aryl methyl sites for hydroxylation is 1. The molecule has 1 N–H and O–H groups in total. The molecule has 2 rings (SSSR count). The normalized spacial score (nSPS) is 14.6. The number of halogens is 1. The van der Waals surface area contributed by atoms with E-state index in [1.807, 2.05) is 11.6 Å². The Morgan fingerprint density at radius 1 is 1.55 bits per heavy atom. The van der Waals surface area contributed by atoms with Gasteiger partial charge >= 0.3 is 0 Å². The van der Waals surface area contributed by atoms with Gasteiger partial charge in [0, 0.05) is 33.8 Å². The molecule has 0 unspecified atom stereocenters. The van der Waals surface area contributed by atoms with Crippen molar-refractivity contribution in [3.8, 4) is 0 Å². The van der Waals surface area contributed by atoms with Gasteiger partial charge in [0.25, 0.3) is 0 Å². The summed E-state index contributed by atoms with van der Waals surface area (Å²) in [7, 11) is 3.80. The summed E-state index contributed by atoms with van der Waals surface area (Å²) in [5.74, 6) is 2.57. The predicted molar refractivity (Wildman–Crippen MR) is 97.5 cm³/mol. The van der Waals surface area contributed by atoms with Crippen LogP contribution in [0.1, 0.15) is 25.6 Å². The van der Waals surface area contributed by atoms with E-state index in [0.29, 0.717) is 6.54 Å². The Balaban J connectivity index is 0.00000242.